The van der Waals surface area contributed by atoms with Crippen LogP contribution < -0.4 is 0 Å². The predicted octanol–water partition coefficient (Wildman–Crippen LogP) is 4.11. The molecule has 0 spiro atoms. The van der Waals surface area contributed by atoms with E-state index < -0.39 is 0 Å². The maximum Gasteiger partial charge on any atom is 0.0667 e. The molecule has 0 N–H and O–H groups in total. The van der Waals surface area contributed by atoms with Crippen molar-refractivity contribution in [2.24, 2.45) is 4.99 Å². The second-order valence-corrected chi connectivity index (χ2v) is 4.95. The maximum atomic E-state index is 4.51. The van der Waals surface area contributed by atoms with Gasteiger partial charge in [-0.25, -0.2) is 0 Å². The number of fused-ring (bicyclic) bond motifs is 1. The Balaban J connectivity index is 1.80. The van der Waals surface area contributed by atoms with E-state index in [1.807, 2.05) is 6.07 Å². The highest BCUT2D eigenvalue weighted by molar-refractivity contribution is 5.86. The second-order valence-electron chi connectivity index (χ2n) is 4.95. The molecule has 89 valence electrons. The molecular formula is C17H16N. The molecule has 0 aliphatic carbocycles. The van der Waals surface area contributed by atoms with Gasteiger partial charge in [0, 0.05) is 11.6 Å². The zero-order valence-electron chi connectivity index (χ0n) is 10.5. The monoisotopic (exact) mass is 234 g/mol. The molecule has 0 bridgehead atoms. The highest BCUT2D eigenvalue weighted by Gasteiger charge is 2.30. The van der Waals surface area contributed by atoms with Gasteiger partial charge in [-0.2, -0.15) is 0 Å². The fourth-order valence-electron chi connectivity index (χ4n) is 2.42. The van der Waals surface area contributed by atoms with Gasteiger partial charge in [0.1, 0.15) is 0 Å². The average Bonchev–Trinajstić information content (AvgIpc) is 2.77. The largest absolute Gasteiger partial charge is 0.260 e. The van der Waals surface area contributed by atoms with Crippen molar-refractivity contribution < 1.29 is 0 Å². The highest BCUT2D eigenvalue weighted by atomic mass is 14.8. The number of para-hydroxylation sites is 1. The summed E-state index contributed by atoms with van der Waals surface area (Å²) in [6, 6.07) is 18.9. The van der Waals surface area contributed by atoms with E-state index in [0.29, 0.717) is 0 Å². The van der Waals surface area contributed by atoms with Crippen molar-refractivity contribution in [1.82, 2.24) is 0 Å². The summed E-state index contributed by atoms with van der Waals surface area (Å²) in [5, 5.41) is 0. The Bertz CT molecular complexity index is 571. The van der Waals surface area contributed by atoms with Gasteiger partial charge in [0.15, 0.2) is 0 Å². The zero-order chi connectivity index (χ0) is 12.4. The quantitative estimate of drug-likeness (QED) is 0.758. The van der Waals surface area contributed by atoms with Gasteiger partial charge in [-0.15, -0.1) is 0 Å². The van der Waals surface area contributed by atoms with Crippen molar-refractivity contribution in [3.8, 4) is 0 Å². The van der Waals surface area contributed by atoms with E-state index in [9.17, 15) is 0 Å². The van der Waals surface area contributed by atoms with E-state index in [0.717, 1.165) is 12.1 Å². The smallest absolute Gasteiger partial charge is 0.0667 e. The van der Waals surface area contributed by atoms with Crippen LogP contribution in [0.1, 0.15) is 18.1 Å². The van der Waals surface area contributed by atoms with E-state index in [-0.39, 0.29) is 5.41 Å². The van der Waals surface area contributed by atoms with Crippen molar-refractivity contribution in [3.05, 3.63) is 72.1 Å². The lowest BCUT2D eigenvalue weighted by Crippen LogP contribution is -2.22. The highest BCUT2D eigenvalue weighted by Crippen LogP contribution is 2.38. The third-order valence-electron chi connectivity index (χ3n) is 3.56. The molecule has 1 atom stereocenters. The number of aliphatic imine (C=N–C) groups is 1. The summed E-state index contributed by atoms with van der Waals surface area (Å²) >= 11 is 0. The lowest BCUT2D eigenvalue weighted by atomic mass is 9.80. The topological polar surface area (TPSA) is 12.4 Å². The third kappa shape index (κ3) is 1.97. The van der Waals surface area contributed by atoms with Crippen LogP contribution in [0.25, 0.3) is 0 Å². The summed E-state index contributed by atoms with van der Waals surface area (Å²) in [6.45, 7) is 2.23. The van der Waals surface area contributed by atoms with Crippen molar-refractivity contribution in [1.29, 1.82) is 0 Å². The van der Waals surface area contributed by atoms with Crippen molar-refractivity contribution in [2.45, 2.75) is 18.8 Å². The lowest BCUT2D eigenvalue weighted by Gasteiger charge is -2.22. The first-order chi connectivity index (χ1) is 8.78. The minimum Gasteiger partial charge on any atom is -0.260 e. The van der Waals surface area contributed by atoms with E-state index in [4.69, 9.17) is 0 Å². The normalized spacial score (nSPS) is 20.9. The van der Waals surface area contributed by atoms with Gasteiger partial charge in [-0.05, 0) is 30.0 Å². The van der Waals surface area contributed by atoms with Crippen LogP contribution in [-0.4, -0.2) is 6.21 Å². The van der Waals surface area contributed by atoms with Crippen LogP contribution in [0.4, 0.5) is 5.69 Å². The molecule has 18 heavy (non-hydrogen) atoms. The molecule has 0 aromatic heterocycles. The fourth-order valence-corrected chi connectivity index (χ4v) is 2.42. The molecule has 3 rings (SSSR count). The van der Waals surface area contributed by atoms with Gasteiger partial charge in [-0.3, -0.25) is 4.99 Å². The second kappa shape index (κ2) is 4.41. The molecule has 1 unspecified atom stereocenters. The molecule has 1 radical (unpaired) electrons. The molecule has 0 fully saturated rings. The summed E-state index contributed by atoms with van der Waals surface area (Å²) in [6.07, 6.45) is 5.37. The molecule has 1 aliphatic rings. The van der Waals surface area contributed by atoms with Crippen LogP contribution in [0.2, 0.25) is 0 Å². The SMILES string of the molecule is CC1([CH]Cc2ccccc2)C=Nc2ccccc21. The Morgan fingerprint density at radius 2 is 1.72 bits per heavy atom. The van der Waals surface area contributed by atoms with Crippen LogP contribution in [0, 0.1) is 6.42 Å². The lowest BCUT2D eigenvalue weighted by molar-refractivity contribution is 0.746. The van der Waals surface area contributed by atoms with E-state index in [1.165, 1.54) is 11.1 Å². The first-order valence-electron chi connectivity index (χ1n) is 6.31. The van der Waals surface area contributed by atoms with Crippen molar-refractivity contribution >= 4 is 11.9 Å². The van der Waals surface area contributed by atoms with Crippen LogP contribution in [0.3, 0.4) is 0 Å². The Labute approximate surface area is 108 Å². The molecule has 1 heterocycles. The van der Waals surface area contributed by atoms with Gasteiger partial charge >= 0.3 is 0 Å². The molecule has 0 amide bonds. The molecule has 1 aliphatic heterocycles. The fraction of sp³-hybridized carbons (Fsp3) is 0.176. The Morgan fingerprint density at radius 3 is 2.56 bits per heavy atom. The minimum absolute atomic E-state index is 0.0353. The van der Waals surface area contributed by atoms with Gasteiger partial charge in [0.2, 0.25) is 0 Å². The molecule has 0 saturated carbocycles. The molecule has 2 aromatic carbocycles. The average molecular weight is 234 g/mol. The molecule has 1 heteroatoms. The Kier molecular flexibility index (Phi) is 2.75. The summed E-state index contributed by atoms with van der Waals surface area (Å²) in [5.41, 5.74) is 3.72. The molecular weight excluding hydrogens is 218 g/mol. The van der Waals surface area contributed by atoms with Gasteiger partial charge in [-0.1, -0.05) is 55.5 Å². The summed E-state index contributed by atoms with van der Waals surface area (Å²) in [4.78, 5) is 4.51. The summed E-state index contributed by atoms with van der Waals surface area (Å²) < 4.78 is 0. The van der Waals surface area contributed by atoms with E-state index >= 15 is 0 Å². The van der Waals surface area contributed by atoms with Crippen LogP contribution in [0.15, 0.2) is 59.6 Å². The molecule has 1 nitrogen and oxygen atoms in total. The van der Waals surface area contributed by atoms with Gasteiger partial charge in [0.25, 0.3) is 0 Å². The van der Waals surface area contributed by atoms with Crippen molar-refractivity contribution in [3.63, 3.8) is 0 Å². The standard InChI is InChI=1S/C17H16N/c1-17(12-11-14-7-3-2-4-8-14)13-18-16-10-6-5-9-15(16)17/h2-10,12-13H,11H2,1H3. The first-order valence-corrected chi connectivity index (χ1v) is 6.31. The maximum absolute atomic E-state index is 4.51. The molecule has 0 saturated heterocycles. The number of rotatable bonds is 3. The zero-order valence-corrected chi connectivity index (χ0v) is 10.5. The number of hydrogen-bond acceptors (Lipinski definition) is 1. The summed E-state index contributed by atoms with van der Waals surface area (Å²) in [7, 11) is 0. The van der Waals surface area contributed by atoms with E-state index in [1.54, 1.807) is 0 Å². The minimum atomic E-state index is -0.0353. The summed E-state index contributed by atoms with van der Waals surface area (Å²) in [5.74, 6) is 0. The number of nitrogens with zero attached hydrogens (tertiary/aromatic N) is 1. The van der Waals surface area contributed by atoms with Gasteiger partial charge in [0.05, 0.1) is 5.69 Å². The van der Waals surface area contributed by atoms with Gasteiger partial charge < -0.3 is 0 Å². The Morgan fingerprint density at radius 1 is 1.00 bits per heavy atom. The Hall–Kier alpha value is -1.89. The molecule has 2 aromatic rings. The first kappa shape index (κ1) is 11.2. The third-order valence-corrected chi connectivity index (χ3v) is 3.56. The predicted molar refractivity (Wildman–Crippen MR) is 76.4 cm³/mol. The van der Waals surface area contributed by atoms with Crippen LogP contribution in [-0.2, 0) is 11.8 Å². The number of hydrogen-bond donors (Lipinski definition) is 0. The van der Waals surface area contributed by atoms with Crippen LogP contribution >= 0.6 is 0 Å². The van der Waals surface area contributed by atoms with Crippen LogP contribution in [0.5, 0.6) is 0 Å². The van der Waals surface area contributed by atoms with E-state index in [2.05, 4.69) is 73.1 Å². The number of benzene rings is 2. The van der Waals surface area contributed by atoms with Crippen molar-refractivity contribution in [2.75, 3.05) is 0 Å².